The van der Waals surface area contributed by atoms with Gasteiger partial charge in [-0.05, 0) is 31.0 Å². The van der Waals surface area contributed by atoms with Crippen molar-refractivity contribution in [1.29, 1.82) is 0 Å². The van der Waals surface area contributed by atoms with Crippen LogP contribution in [0.25, 0.3) is 0 Å². The first kappa shape index (κ1) is 15.0. The Hall–Kier alpha value is -1.43. The van der Waals surface area contributed by atoms with Crippen molar-refractivity contribution >= 4 is 28.6 Å². The third-order valence-corrected chi connectivity index (χ3v) is 4.40. The van der Waals surface area contributed by atoms with Gasteiger partial charge in [0.25, 0.3) is 5.69 Å². The molecule has 0 radical (unpaired) electrons. The van der Waals surface area contributed by atoms with Crippen molar-refractivity contribution in [2.75, 3.05) is 6.54 Å². The SMILES string of the molecule is Cc1c(CNCCc2ccc(Cl)s2)cccc1[N+](=O)[O-]. The number of nitro benzene ring substituents is 1. The number of nitrogens with zero attached hydrogens (tertiary/aromatic N) is 1. The summed E-state index contributed by atoms with van der Waals surface area (Å²) >= 11 is 7.45. The lowest BCUT2D eigenvalue weighted by Crippen LogP contribution is -2.17. The van der Waals surface area contributed by atoms with E-state index in [0.717, 1.165) is 28.4 Å². The van der Waals surface area contributed by atoms with Crippen molar-refractivity contribution in [2.24, 2.45) is 0 Å². The van der Waals surface area contributed by atoms with Gasteiger partial charge in [-0.15, -0.1) is 11.3 Å². The average molecular weight is 311 g/mol. The second kappa shape index (κ2) is 6.83. The molecular weight excluding hydrogens is 296 g/mol. The van der Waals surface area contributed by atoms with Crippen molar-refractivity contribution in [3.63, 3.8) is 0 Å². The van der Waals surface area contributed by atoms with Gasteiger partial charge >= 0.3 is 0 Å². The van der Waals surface area contributed by atoms with Gasteiger partial charge in [-0.1, -0.05) is 23.7 Å². The molecule has 0 saturated carbocycles. The predicted molar refractivity (Wildman–Crippen MR) is 82.6 cm³/mol. The van der Waals surface area contributed by atoms with Crippen LogP contribution in [0.5, 0.6) is 0 Å². The highest BCUT2D eigenvalue weighted by Gasteiger charge is 2.12. The predicted octanol–water partition coefficient (Wildman–Crippen LogP) is 3.95. The fourth-order valence-electron chi connectivity index (χ4n) is 1.98. The Balaban J connectivity index is 1.88. The second-order valence-corrected chi connectivity index (χ2v) is 6.25. The van der Waals surface area contributed by atoms with E-state index in [1.54, 1.807) is 24.3 Å². The van der Waals surface area contributed by atoms with E-state index in [1.807, 2.05) is 18.2 Å². The lowest BCUT2D eigenvalue weighted by atomic mass is 10.1. The summed E-state index contributed by atoms with van der Waals surface area (Å²) in [6.45, 7) is 3.24. The normalized spacial score (nSPS) is 10.7. The molecule has 0 spiro atoms. The molecule has 1 aromatic carbocycles. The van der Waals surface area contributed by atoms with Gasteiger partial charge in [-0.3, -0.25) is 10.1 Å². The summed E-state index contributed by atoms with van der Waals surface area (Å²) in [5.74, 6) is 0. The Morgan fingerprint density at radius 3 is 2.80 bits per heavy atom. The summed E-state index contributed by atoms with van der Waals surface area (Å²) in [6.07, 6.45) is 0.908. The molecule has 0 amide bonds. The molecule has 20 heavy (non-hydrogen) atoms. The van der Waals surface area contributed by atoms with Gasteiger partial charge in [0, 0.05) is 29.6 Å². The highest BCUT2D eigenvalue weighted by molar-refractivity contribution is 7.16. The van der Waals surface area contributed by atoms with E-state index in [2.05, 4.69) is 5.32 Å². The standard InChI is InChI=1S/C14H15ClN2O2S/c1-10-11(3-2-4-13(10)17(18)19)9-16-8-7-12-5-6-14(15)20-12/h2-6,16H,7-9H2,1H3. The molecule has 1 N–H and O–H groups in total. The van der Waals surface area contributed by atoms with E-state index < -0.39 is 0 Å². The highest BCUT2D eigenvalue weighted by Crippen LogP contribution is 2.22. The van der Waals surface area contributed by atoms with Crippen LogP contribution in [0, 0.1) is 17.0 Å². The topological polar surface area (TPSA) is 55.2 Å². The number of nitro groups is 1. The van der Waals surface area contributed by atoms with Gasteiger partial charge in [0.15, 0.2) is 0 Å². The van der Waals surface area contributed by atoms with Crippen LogP contribution in [0.3, 0.4) is 0 Å². The van der Waals surface area contributed by atoms with Crippen LogP contribution in [0.4, 0.5) is 5.69 Å². The monoisotopic (exact) mass is 310 g/mol. The molecule has 1 heterocycles. The van der Waals surface area contributed by atoms with Gasteiger partial charge < -0.3 is 5.32 Å². The number of benzene rings is 1. The highest BCUT2D eigenvalue weighted by atomic mass is 35.5. The van der Waals surface area contributed by atoms with Gasteiger partial charge in [0.05, 0.1) is 9.26 Å². The molecule has 2 aromatic rings. The van der Waals surface area contributed by atoms with Crippen LogP contribution in [0.2, 0.25) is 4.34 Å². The lowest BCUT2D eigenvalue weighted by molar-refractivity contribution is -0.385. The van der Waals surface area contributed by atoms with Crippen molar-refractivity contribution in [3.05, 3.63) is 60.8 Å². The maximum atomic E-state index is 10.9. The van der Waals surface area contributed by atoms with E-state index in [-0.39, 0.29) is 10.6 Å². The van der Waals surface area contributed by atoms with Crippen LogP contribution in [0.1, 0.15) is 16.0 Å². The zero-order chi connectivity index (χ0) is 14.5. The molecule has 2 rings (SSSR count). The van der Waals surface area contributed by atoms with E-state index in [1.165, 1.54) is 10.9 Å². The molecular formula is C14H15ClN2O2S. The Labute approximate surface area is 126 Å². The van der Waals surface area contributed by atoms with Crippen molar-refractivity contribution < 1.29 is 4.92 Å². The van der Waals surface area contributed by atoms with Crippen LogP contribution >= 0.6 is 22.9 Å². The number of nitrogens with one attached hydrogen (secondary N) is 1. The number of rotatable bonds is 6. The average Bonchev–Trinajstić information content (AvgIpc) is 2.82. The second-order valence-electron chi connectivity index (χ2n) is 4.45. The first-order valence-corrected chi connectivity index (χ1v) is 7.45. The minimum absolute atomic E-state index is 0.175. The number of hydrogen-bond acceptors (Lipinski definition) is 4. The molecule has 0 aliphatic carbocycles. The van der Waals surface area contributed by atoms with Crippen LogP contribution in [-0.4, -0.2) is 11.5 Å². The summed E-state index contributed by atoms with van der Waals surface area (Å²) in [7, 11) is 0. The third kappa shape index (κ3) is 3.79. The number of halogens is 1. The van der Waals surface area contributed by atoms with Gasteiger partial charge in [0.2, 0.25) is 0 Å². The molecule has 0 fully saturated rings. The summed E-state index contributed by atoms with van der Waals surface area (Å²) in [4.78, 5) is 11.8. The molecule has 106 valence electrons. The van der Waals surface area contributed by atoms with E-state index in [0.29, 0.717) is 6.54 Å². The van der Waals surface area contributed by atoms with E-state index in [4.69, 9.17) is 11.6 Å². The molecule has 0 aliphatic heterocycles. The smallest absolute Gasteiger partial charge is 0.272 e. The largest absolute Gasteiger partial charge is 0.312 e. The van der Waals surface area contributed by atoms with E-state index in [9.17, 15) is 10.1 Å². The van der Waals surface area contributed by atoms with Gasteiger partial charge in [-0.2, -0.15) is 0 Å². The molecule has 0 aliphatic rings. The zero-order valence-corrected chi connectivity index (χ0v) is 12.6. The summed E-state index contributed by atoms with van der Waals surface area (Å²) in [5, 5.41) is 14.2. The Kier molecular flexibility index (Phi) is 5.11. The third-order valence-electron chi connectivity index (χ3n) is 3.11. The van der Waals surface area contributed by atoms with Crippen LogP contribution < -0.4 is 5.32 Å². The summed E-state index contributed by atoms with van der Waals surface area (Å²) in [6, 6.07) is 9.09. The van der Waals surface area contributed by atoms with Crippen molar-refractivity contribution in [2.45, 2.75) is 19.9 Å². The number of thiophene rings is 1. The minimum atomic E-state index is -0.341. The molecule has 4 nitrogen and oxygen atoms in total. The fourth-order valence-corrected chi connectivity index (χ4v) is 3.07. The number of hydrogen-bond donors (Lipinski definition) is 1. The van der Waals surface area contributed by atoms with Crippen LogP contribution in [0.15, 0.2) is 30.3 Å². The lowest BCUT2D eigenvalue weighted by Gasteiger charge is -2.07. The molecule has 6 heteroatoms. The quantitative estimate of drug-likeness (QED) is 0.499. The Morgan fingerprint density at radius 2 is 2.15 bits per heavy atom. The van der Waals surface area contributed by atoms with Gasteiger partial charge in [0.1, 0.15) is 0 Å². The Morgan fingerprint density at radius 1 is 1.35 bits per heavy atom. The minimum Gasteiger partial charge on any atom is -0.312 e. The maximum Gasteiger partial charge on any atom is 0.272 e. The van der Waals surface area contributed by atoms with Crippen LogP contribution in [-0.2, 0) is 13.0 Å². The first-order valence-electron chi connectivity index (χ1n) is 6.25. The molecule has 1 aromatic heterocycles. The van der Waals surface area contributed by atoms with E-state index >= 15 is 0 Å². The fraction of sp³-hybridized carbons (Fsp3) is 0.286. The van der Waals surface area contributed by atoms with Crippen molar-refractivity contribution in [3.8, 4) is 0 Å². The molecule has 0 saturated heterocycles. The molecule has 0 atom stereocenters. The van der Waals surface area contributed by atoms with Crippen molar-refractivity contribution in [1.82, 2.24) is 5.32 Å². The Bertz CT molecular complexity index is 613. The summed E-state index contributed by atoms with van der Waals surface area (Å²) < 4.78 is 0.800. The molecule has 0 unspecified atom stereocenters. The molecule has 0 bridgehead atoms. The zero-order valence-electron chi connectivity index (χ0n) is 11.1. The first-order chi connectivity index (χ1) is 9.58. The van der Waals surface area contributed by atoms with Gasteiger partial charge in [-0.25, -0.2) is 0 Å². The maximum absolute atomic E-state index is 10.9. The summed E-state index contributed by atoms with van der Waals surface area (Å²) in [5.41, 5.74) is 1.86.